The van der Waals surface area contributed by atoms with Crippen LogP contribution in [0.3, 0.4) is 0 Å². The minimum atomic E-state index is -1.92. The summed E-state index contributed by atoms with van der Waals surface area (Å²) in [6, 6.07) is 8.14. The Balaban J connectivity index is 2.09. The van der Waals surface area contributed by atoms with Gasteiger partial charge < -0.3 is 19.6 Å². The van der Waals surface area contributed by atoms with Crippen molar-refractivity contribution in [2.45, 2.75) is 64.7 Å². The van der Waals surface area contributed by atoms with Crippen LogP contribution in [0.1, 0.15) is 47.1 Å². The van der Waals surface area contributed by atoms with Crippen molar-refractivity contribution in [1.82, 2.24) is 14.9 Å². The summed E-state index contributed by atoms with van der Waals surface area (Å²) in [5, 5.41) is 0.221. The van der Waals surface area contributed by atoms with Crippen molar-refractivity contribution in [2.75, 3.05) is 39.1 Å². The van der Waals surface area contributed by atoms with Gasteiger partial charge in [-0.1, -0.05) is 65.3 Å². The average molecular weight is 509 g/mol. The van der Waals surface area contributed by atoms with E-state index in [1.807, 2.05) is 12.1 Å². The zero-order valence-electron chi connectivity index (χ0n) is 21.7. The number of hydrogen-bond acceptors (Lipinski definition) is 7. The molecule has 2 N–H and O–H groups in total. The van der Waals surface area contributed by atoms with Crippen molar-refractivity contribution in [3.05, 3.63) is 41.3 Å². The highest BCUT2D eigenvalue weighted by atomic mass is 35.5. The van der Waals surface area contributed by atoms with Crippen molar-refractivity contribution in [3.8, 4) is 11.5 Å². The molecule has 1 heterocycles. The predicted octanol–water partition coefficient (Wildman–Crippen LogP) is 5.79. The first-order valence-corrected chi connectivity index (χ1v) is 14.5. The quantitative estimate of drug-likeness (QED) is 0.255. The third-order valence-corrected chi connectivity index (χ3v) is 12.9. The Bertz CT molecular complexity index is 839. The highest BCUT2D eigenvalue weighted by Gasteiger charge is 2.44. The molecule has 190 valence electrons. The highest BCUT2D eigenvalue weighted by molar-refractivity contribution is 6.77. The summed E-state index contributed by atoms with van der Waals surface area (Å²) in [4.78, 5) is 10.2. The van der Waals surface area contributed by atoms with Crippen LogP contribution in [-0.4, -0.2) is 56.6 Å². The topological polar surface area (TPSA) is 82.7 Å². The normalized spacial score (nSPS) is 12.2. The van der Waals surface area contributed by atoms with E-state index < -0.39 is 8.32 Å². The second-order valence-corrected chi connectivity index (χ2v) is 15.3. The molecule has 1 aromatic carbocycles. The second kappa shape index (κ2) is 13.3. The van der Waals surface area contributed by atoms with Gasteiger partial charge >= 0.3 is 0 Å². The van der Waals surface area contributed by atoms with Gasteiger partial charge in [-0.25, -0.2) is 9.97 Å². The summed E-state index contributed by atoms with van der Waals surface area (Å²) in [5.74, 6) is 1.42. The lowest BCUT2D eigenvalue weighted by Crippen LogP contribution is -2.49. The maximum Gasteiger partial charge on any atom is 0.200 e. The molecule has 2 rings (SSSR count). The molecule has 1 aromatic heterocycles. The lowest BCUT2D eigenvalue weighted by molar-refractivity contribution is 0.162. The summed E-state index contributed by atoms with van der Waals surface area (Å²) in [6.07, 6.45) is 1.33. The van der Waals surface area contributed by atoms with Crippen LogP contribution in [0.25, 0.3) is 0 Å². The van der Waals surface area contributed by atoms with Crippen molar-refractivity contribution in [1.29, 1.82) is 0 Å². The number of nitrogen functional groups attached to an aromatic ring is 1. The standard InChI is InChI=1S/C25H41ClN4O3Si/c1-18(2)34(19(3)4,20(5)6)33-15-13-30(16-21-8-10-22(31-7)11-9-21)12-14-32-23-24(26)28-17-29-25(23)27/h8-11,17-20H,12-16H2,1-7H3,(H2,27,28,29). The van der Waals surface area contributed by atoms with Gasteiger partial charge in [0.1, 0.15) is 18.7 Å². The van der Waals surface area contributed by atoms with E-state index in [9.17, 15) is 0 Å². The highest BCUT2D eigenvalue weighted by Crippen LogP contribution is 2.42. The van der Waals surface area contributed by atoms with Crippen molar-refractivity contribution >= 4 is 25.7 Å². The number of halogens is 1. The lowest BCUT2D eigenvalue weighted by atomic mass is 10.2. The zero-order valence-corrected chi connectivity index (χ0v) is 23.4. The van der Waals surface area contributed by atoms with Gasteiger partial charge in [0, 0.05) is 26.2 Å². The van der Waals surface area contributed by atoms with Crippen molar-refractivity contribution in [3.63, 3.8) is 0 Å². The van der Waals surface area contributed by atoms with Crippen LogP contribution in [0.5, 0.6) is 11.5 Å². The molecule has 7 nitrogen and oxygen atoms in total. The molecule has 9 heteroatoms. The molecule has 2 aromatic rings. The fraction of sp³-hybridized carbons (Fsp3) is 0.600. The number of rotatable bonds is 14. The van der Waals surface area contributed by atoms with Crippen LogP contribution in [0.15, 0.2) is 30.6 Å². The van der Waals surface area contributed by atoms with Gasteiger partial charge in [0.25, 0.3) is 0 Å². The number of nitrogens with two attached hydrogens (primary N) is 1. The molecule has 0 aliphatic rings. The van der Waals surface area contributed by atoms with Gasteiger partial charge in [-0.05, 0) is 34.3 Å². The Morgan fingerprint density at radius 2 is 1.53 bits per heavy atom. The lowest BCUT2D eigenvalue weighted by Gasteiger charge is -2.42. The molecule has 0 amide bonds. The van der Waals surface area contributed by atoms with E-state index in [0.717, 1.165) is 18.8 Å². The molecular weight excluding hydrogens is 468 g/mol. The van der Waals surface area contributed by atoms with E-state index in [4.69, 9.17) is 31.2 Å². The summed E-state index contributed by atoms with van der Waals surface area (Å²) >= 11 is 6.13. The Kier molecular flexibility index (Phi) is 11.1. The average Bonchev–Trinajstić information content (AvgIpc) is 2.78. The largest absolute Gasteiger partial charge is 0.497 e. The van der Waals surface area contributed by atoms with Gasteiger partial charge in [0.15, 0.2) is 25.0 Å². The fourth-order valence-electron chi connectivity index (χ4n) is 4.89. The van der Waals surface area contributed by atoms with E-state index in [0.29, 0.717) is 42.1 Å². The van der Waals surface area contributed by atoms with Gasteiger partial charge in [0.05, 0.1) is 7.11 Å². The number of nitrogens with zero attached hydrogens (tertiary/aromatic N) is 3. The molecule has 0 unspecified atom stereocenters. The maximum absolute atomic E-state index is 6.80. The molecule has 0 fully saturated rings. The molecule has 0 atom stereocenters. The number of methoxy groups -OCH3 is 1. The minimum absolute atomic E-state index is 0.221. The van der Waals surface area contributed by atoms with E-state index in [1.54, 1.807) is 7.11 Å². The van der Waals surface area contributed by atoms with Crippen LogP contribution < -0.4 is 15.2 Å². The van der Waals surface area contributed by atoms with Crippen molar-refractivity contribution < 1.29 is 13.9 Å². The van der Waals surface area contributed by atoms with Crippen molar-refractivity contribution in [2.24, 2.45) is 0 Å². The SMILES string of the molecule is COc1ccc(CN(CCOc2c(N)ncnc2Cl)CCO[Si](C(C)C)(C(C)C)C(C)C)cc1. The predicted molar refractivity (Wildman–Crippen MR) is 142 cm³/mol. The Labute approximate surface area is 211 Å². The molecule has 0 bridgehead atoms. The maximum atomic E-state index is 6.80. The molecule has 0 radical (unpaired) electrons. The molecule has 34 heavy (non-hydrogen) atoms. The van der Waals surface area contributed by atoms with E-state index in [-0.39, 0.29) is 11.0 Å². The summed E-state index contributed by atoms with van der Waals surface area (Å²) in [7, 11) is -0.248. The number of anilines is 1. The molecular formula is C25H41ClN4O3Si. The number of ether oxygens (including phenoxy) is 2. The Morgan fingerprint density at radius 3 is 2.06 bits per heavy atom. The minimum Gasteiger partial charge on any atom is -0.497 e. The van der Waals surface area contributed by atoms with E-state index >= 15 is 0 Å². The van der Waals surface area contributed by atoms with E-state index in [1.165, 1.54) is 11.9 Å². The Morgan fingerprint density at radius 1 is 0.941 bits per heavy atom. The summed E-state index contributed by atoms with van der Waals surface area (Å²) < 4.78 is 18.0. The number of benzene rings is 1. The zero-order chi connectivity index (χ0) is 25.3. The molecule has 0 aliphatic heterocycles. The number of hydrogen-bond donors (Lipinski definition) is 1. The smallest absolute Gasteiger partial charge is 0.200 e. The van der Waals surface area contributed by atoms with Gasteiger partial charge in [-0.15, -0.1) is 0 Å². The van der Waals surface area contributed by atoms with Crippen LogP contribution >= 0.6 is 11.6 Å². The third kappa shape index (κ3) is 7.31. The van der Waals surface area contributed by atoms with E-state index in [2.05, 4.69) is 68.5 Å². The number of aromatic nitrogens is 2. The molecule has 0 aliphatic carbocycles. The molecule has 0 saturated heterocycles. The van der Waals surface area contributed by atoms with Crippen LogP contribution in [0.4, 0.5) is 5.82 Å². The van der Waals surface area contributed by atoms with Gasteiger partial charge in [0.2, 0.25) is 0 Å². The summed E-state index contributed by atoms with van der Waals surface area (Å²) in [6.45, 7) is 17.2. The first-order chi connectivity index (χ1) is 16.1. The first kappa shape index (κ1) is 28.4. The second-order valence-electron chi connectivity index (χ2n) is 9.52. The van der Waals surface area contributed by atoms with Crippen LogP contribution in [-0.2, 0) is 11.0 Å². The fourth-order valence-corrected chi connectivity index (χ4v) is 10.5. The Hall–Kier alpha value is -1.87. The van der Waals surface area contributed by atoms with Gasteiger partial charge in [-0.2, -0.15) is 0 Å². The van der Waals surface area contributed by atoms with Gasteiger partial charge in [-0.3, -0.25) is 4.90 Å². The monoisotopic (exact) mass is 508 g/mol. The molecule has 0 spiro atoms. The summed E-state index contributed by atoms with van der Waals surface area (Å²) in [5.41, 5.74) is 8.75. The molecule has 0 saturated carbocycles. The van der Waals surface area contributed by atoms with Crippen LogP contribution in [0, 0.1) is 0 Å². The first-order valence-electron chi connectivity index (χ1n) is 12.0. The van der Waals surface area contributed by atoms with Crippen LogP contribution in [0.2, 0.25) is 21.8 Å². The third-order valence-electron chi connectivity index (χ3n) is 6.47.